The van der Waals surface area contributed by atoms with Gasteiger partial charge in [0.25, 0.3) is 11.6 Å². The number of thiophene rings is 1. The van der Waals surface area contributed by atoms with Crippen LogP contribution >= 0.6 is 11.3 Å². The van der Waals surface area contributed by atoms with Crippen molar-refractivity contribution >= 4 is 27.9 Å². The Bertz CT molecular complexity index is 892. The number of anilines is 1. The van der Waals surface area contributed by atoms with E-state index in [9.17, 15) is 14.9 Å². The van der Waals surface area contributed by atoms with E-state index in [0.717, 1.165) is 10.4 Å². The van der Waals surface area contributed by atoms with Crippen LogP contribution in [0.15, 0.2) is 12.1 Å². The second-order valence-electron chi connectivity index (χ2n) is 5.56. The Morgan fingerprint density at radius 3 is 2.67 bits per heavy atom. The molecule has 0 saturated heterocycles. The molecule has 0 spiro atoms. The Kier molecular flexibility index (Phi) is 3.14. The summed E-state index contributed by atoms with van der Waals surface area (Å²) < 4.78 is 10.5. The summed E-state index contributed by atoms with van der Waals surface area (Å²) in [7, 11) is 0. The average molecular weight is 347 g/mol. The van der Waals surface area contributed by atoms with E-state index in [-0.39, 0.29) is 18.4 Å². The Hall–Kier alpha value is -2.81. The predicted molar refractivity (Wildman–Crippen MR) is 86.8 cm³/mol. The number of nitro groups is 1. The summed E-state index contributed by atoms with van der Waals surface area (Å²) in [5, 5.41) is 18.1. The molecule has 0 saturated carbocycles. The van der Waals surface area contributed by atoms with Crippen molar-refractivity contribution in [3.8, 4) is 11.5 Å². The van der Waals surface area contributed by atoms with Crippen molar-refractivity contribution in [2.24, 2.45) is 0 Å². The van der Waals surface area contributed by atoms with Crippen LogP contribution in [0.3, 0.4) is 0 Å². The van der Waals surface area contributed by atoms with Gasteiger partial charge in [-0.2, -0.15) is 0 Å². The fourth-order valence-electron chi connectivity index (χ4n) is 2.86. The highest BCUT2D eigenvalue weighted by Gasteiger charge is 2.34. The van der Waals surface area contributed by atoms with Gasteiger partial charge >= 0.3 is 0 Å². The van der Waals surface area contributed by atoms with Gasteiger partial charge in [-0.3, -0.25) is 14.9 Å². The number of nitro benzene ring substituents is 1. The maximum atomic E-state index is 12.4. The molecule has 1 aromatic carbocycles. The number of ether oxygens (including phenoxy) is 2. The molecule has 2 aromatic rings. The summed E-state index contributed by atoms with van der Waals surface area (Å²) in [6.07, 6.45) is -0.711. The van der Waals surface area contributed by atoms with Crippen LogP contribution in [-0.2, 0) is 0 Å². The number of carbonyl (C=O) groups excluding carboxylic acids is 1. The first-order valence-electron chi connectivity index (χ1n) is 7.21. The van der Waals surface area contributed by atoms with Gasteiger partial charge < -0.3 is 20.1 Å². The number of fused-ring (bicyclic) bond motifs is 2. The first kappa shape index (κ1) is 14.8. The number of hydrogen-bond acceptors (Lipinski definition) is 7. The number of rotatable bonds is 2. The van der Waals surface area contributed by atoms with E-state index in [1.54, 1.807) is 0 Å². The minimum absolute atomic E-state index is 0.0217. The Balaban J connectivity index is 1.80. The maximum absolute atomic E-state index is 12.4. The Morgan fingerprint density at radius 2 is 1.96 bits per heavy atom. The molecule has 124 valence electrons. The maximum Gasteiger partial charge on any atom is 0.280 e. The van der Waals surface area contributed by atoms with E-state index in [0.29, 0.717) is 27.6 Å². The van der Waals surface area contributed by atoms with Crippen molar-refractivity contribution in [3.63, 3.8) is 0 Å². The minimum atomic E-state index is -0.711. The van der Waals surface area contributed by atoms with Crippen molar-refractivity contribution in [1.82, 2.24) is 5.32 Å². The first-order valence-corrected chi connectivity index (χ1v) is 8.02. The number of nitrogens with one attached hydrogen (secondary N) is 2. The lowest BCUT2D eigenvalue weighted by Crippen LogP contribution is -2.38. The zero-order valence-electron chi connectivity index (χ0n) is 12.8. The largest absolute Gasteiger partial charge is 0.454 e. The van der Waals surface area contributed by atoms with Crippen molar-refractivity contribution < 1.29 is 19.2 Å². The van der Waals surface area contributed by atoms with Gasteiger partial charge in [-0.1, -0.05) is 0 Å². The topological polar surface area (TPSA) is 103 Å². The van der Waals surface area contributed by atoms with Gasteiger partial charge in [-0.15, -0.1) is 11.3 Å². The van der Waals surface area contributed by atoms with Gasteiger partial charge in [0.05, 0.1) is 22.1 Å². The van der Waals surface area contributed by atoms with Crippen LogP contribution in [-0.4, -0.2) is 17.6 Å². The van der Waals surface area contributed by atoms with Gasteiger partial charge in [-0.05, 0) is 25.5 Å². The van der Waals surface area contributed by atoms with Crippen LogP contribution in [0, 0.1) is 24.0 Å². The highest BCUT2D eigenvalue weighted by atomic mass is 32.1. The molecule has 0 radical (unpaired) electrons. The summed E-state index contributed by atoms with van der Waals surface area (Å²) in [4.78, 5) is 24.4. The number of benzene rings is 1. The highest BCUT2D eigenvalue weighted by molar-refractivity contribution is 7.16. The van der Waals surface area contributed by atoms with Gasteiger partial charge in [-0.25, -0.2) is 0 Å². The summed E-state index contributed by atoms with van der Waals surface area (Å²) in [6.45, 7) is 3.84. The molecule has 0 aliphatic carbocycles. The zero-order chi connectivity index (χ0) is 17.0. The molecule has 8 nitrogen and oxygen atoms in total. The van der Waals surface area contributed by atoms with Crippen LogP contribution in [0.2, 0.25) is 0 Å². The third-order valence-corrected chi connectivity index (χ3v) is 5.33. The quantitative estimate of drug-likeness (QED) is 0.640. The van der Waals surface area contributed by atoms with Crippen LogP contribution in [0.4, 0.5) is 10.7 Å². The number of aryl methyl sites for hydroxylation is 1. The zero-order valence-corrected chi connectivity index (χ0v) is 13.7. The van der Waals surface area contributed by atoms with Crippen LogP contribution < -0.4 is 20.1 Å². The second kappa shape index (κ2) is 5.10. The van der Waals surface area contributed by atoms with Crippen LogP contribution in [0.25, 0.3) is 0 Å². The molecule has 0 fully saturated rings. The van der Waals surface area contributed by atoms with E-state index in [1.165, 1.54) is 23.5 Å². The molecule has 1 atom stereocenters. The third kappa shape index (κ3) is 2.08. The molecule has 0 bridgehead atoms. The third-order valence-electron chi connectivity index (χ3n) is 4.19. The highest BCUT2D eigenvalue weighted by Crippen LogP contribution is 2.43. The molecule has 4 rings (SSSR count). The SMILES string of the molecule is Cc1sc2c(c1C)C(=O)N[C@H](c1cc3c(cc1[N+](=O)[O-])OCO3)N2. The lowest BCUT2D eigenvalue weighted by Gasteiger charge is -2.26. The Morgan fingerprint density at radius 1 is 1.25 bits per heavy atom. The van der Waals surface area contributed by atoms with Crippen LogP contribution in [0.1, 0.15) is 32.5 Å². The molecule has 24 heavy (non-hydrogen) atoms. The summed E-state index contributed by atoms with van der Waals surface area (Å²) in [5.74, 6) is 0.509. The number of nitrogens with zero attached hydrogens (tertiary/aromatic N) is 1. The summed E-state index contributed by atoms with van der Waals surface area (Å²) >= 11 is 1.46. The van der Waals surface area contributed by atoms with E-state index in [2.05, 4.69) is 10.6 Å². The summed E-state index contributed by atoms with van der Waals surface area (Å²) in [6, 6.07) is 2.86. The molecule has 1 aromatic heterocycles. The number of amides is 1. The second-order valence-corrected chi connectivity index (χ2v) is 6.78. The van der Waals surface area contributed by atoms with Gasteiger partial charge in [0.2, 0.25) is 6.79 Å². The molecule has 2 aliphatic rings. The van der Waals surface area contributed by atoms with Crippen molar-refractivity contribution in [2.75, 3.05) is 12.1 Å². The number of hydrogen-bond donors (Lipinski definition) is 2. The molecular weight excluding hydrogens is 334 g/mol. The first-order chi connectivity index (χ1) is 11.5. The van der Waals surface area contributed by atoms with Gasteiger partial charge in [0.15, 0.2) is 11.5 Å². The average Bonchev–Trinajstić information content (AvgIpc) is 3.10. The van der Waals surface area contributed by atoms with Gasteiger partial charge in [0.1, 0.15) is 11.2 Å². The monoisotopic (exact) mass is 347 g/mol. The van der Waals surface area contributed by atoms with E-state index in [1.807, 2.05) is 13.8 Å². The van der Waals surface area contributed by atoms with E-state index < -0.39 is 11.1 Å². The summed E-state index contributed by atoms with van der Waals surface area (Å²) in [5.41, 5.74) is 1.70. The lowest BCUT2D eigenvalue weighted by molar-refractivity contribution is -0.385. The van der Waals surface area contributed by atoms with Crippen molar-refractivity contribution in [3.05, 3.63) is 43.8 Å². The smallest absolute Gasteiger partial charge is 0.280 e. The predicted octanol–water partition coefficient (Wildman–Crippen LogP) is 2.86. The van der Waals surface area contributed by atoms with E-state index >= 15 is 0 Å². The minimum Gasteiger partial charge on any atom is -0.454 e. The fraction of sp³-hybridized carbons (Fsp3) is 0.267. The molecule has 2 N–H and O–H groups in total. The van der Waals surface area contributed by atoms with Crippen molar-refractivity contribution in [2.45, 2.75) is 20.0 Å². The van der Waals surface area contributed by atoms with Gasteiger partial charge in [0, 0.05) is 4.88 Å². The Labute approximate surface area is 140 Å². The van der Waals surface area contributed by atoms with E-state index in [4.69, 9.17) is 9.47 Å². The molecule has 1 amide bonds. The standard InChI is InChI=1S/C15H13N3O5S/c1-6-7(2)24-15-12(6)14(19)16-13(17-15)8-3-10-11(23-5-22-10)4-9(8)18(20)21/h3-4,13,17H,5H2,1-2H3,(H,16,19)/t13-/m0/s1. The molecule has 2 aliphatic heterocycles. The number of carbonyl (C=O) groups is 1. The fourth-order valence-corrected chi connectivity index (χ4v) is 3.95. The normalized spacial score (nSPS) is 17.9. The molecule has 3 heterocycles. The lowest BCUT2D eigenvalue weighted by atomic mass is 10.0. The van der Waals surface area contributed by atoms with Crippen LogP contribution in [0.5, 0.6) is 11.5 Å². The molecule has 9 heteroatoms. The van der Waals surface area contributed by atoms with Crippen molar-refractivity contribution in [1.29, 1.82) is 0 Å². The molecule has 0 unspecified atom stereocenters. The molecular formula is C15H13N3O5S.